The summed E-state index contributed by atoms with van der Waals surface area (Å²) in [5.41, 5.74) is 1.45. The molecule has 0 heterocycles. The zero-order chi connectivity index (χ0) is 13.2. The van der Waals surface area contributed by atoms with E-state index in [1.807, 2.05) is 0 Å². The maximum atomic E-state index is 3.49. The number of unbranched alkanes of at least 4 members (excludes halogenated alkanes) is 1. The van der Waals surface area contributed by atoms with Crippen molar-refractivity contribution in [1.29, 1.82) is 0 Å². The molecule has 102 valence electrons. The Morgan fingerprint density at radius 3 is 2.39 bits per heavy atom. The van der Waals surface area contributed by atoms with Crippen LogP contribution in [-0.4, -0.2) is 13.1 Å². The van der Waals surface area contributed by atoms with E-state index in [0.29, 0.717) is 6.04 Å². The predicted octanol–water partition coefficient (Wildman–Crippen LogP) is 4.42. The van der Waals surface area contributed by atoms with Crippen LogP contribution in [0.4, 0.5) is 0 Å². The van der Waals surface area contributed by atoms with Gasteiger partial charge in [0.15, 0.2) is 0 Å². The molecule has 0 amide bonds. The lowest BCUT2D eigenvalue weighted by Crippen LogP contribution is -2.30. The second kappa shape index (κ2) is 9.16. The summed E-state index contributed by atoms with van der Waals surface area (Å²) in [6.07, 6.45) is 7.86. The molecule has 18 heavy (non-hydrogen) atoms. The lowest BCUT2D eigenvalue weighted by atomic mass is 9.89. The minimum atomic E-state index is 0.620. The van der Waals surface area contributed by atoms with Crippen LogP contribution in [0.15, 0.2) is 30.3 Å². The van der Waals surface area contributed by atoms with E-state index in [4.69, 9.17) is 0 Å². The standard InChI is InChI=1S/C17H29N/c1-4-6-10-15(5-2)13-17(18-3)14-16-11-8-7-9-12-16/h7-9,11-12,15,17-18H,4-6,10,13-14H2,1-3H3. The quantitative estimate of drug-likeness (QED) is 0.681. The van der Waals surface area contributed by atoms with Crippen LogP contribution < -0.4 is 5.32 Å². The van der Waals surface area contributed by atoms with Crippen molar-refractivity contribution in [2.24, 2.45) is 5.92 Å². The number of nitrogens with one attached hydrogen (secondary N) is 1. The lowest BCUT2D eigenvalue weighted by Gasteiger charge is -2.22. The third-order valence-corrected chi connectivity index (χ3v) is 3.89. The maximum Gasteiger partial charge on any atom is 0.0107 e. The Kier molecular flexibility index (Phi) is 7.75. The van der Waals surface area contributed by atoms with Crippen molar-refractivity contribution in [3.63, 3.8) is 0 Å². The molecule has 1 N–H and O–H groups in total. The van der Waals surface area contributed by atoms with Crippen molar-refractivity contribution in [3.8, 4) is 0 Å². The van der Waals surface area contributed by atoms with Gasteiger partial charge in [-0.3, -0.25) is 0 Å². The molecule has 0 bridgehead atoms. The van der Waals surface area contributed by atoms with Gasteiger partial charge in [0, 0.05) is 6.04 Å². The van der Waals surface area contributed by atoms with Crippen molar-refractivity contribution in [2.45, 2.75) is 58.4 Å². The molecule has 0 fully saturated rings. The van der Waals surface area contributed by atoms with Crippen molar-refractivity contribution in [1.82, 2.24) is 5.32 Å². The summed E-state index contributed by atoms with van der Waals surface area (Å²) >= 11 is 0. The van der Waals surface area contributed by atoms with E-state index in [0.717, 1.165) is 12.3 Å². The van der Waals surface area contributed by atoms with E-state index in [-0.39, 0.29) is 0 Å². The number of hydrogen-bond donors (Lipinski definition) is 1. The first-order valence-electron chi connectivity index (χ1n) is 7.51. The van der Waals surface area contributed by atoms with Crippen molar-refractivity contribution in [2.75, 3.05) is 7.05 Å². The van der Waals surface area contributed by atoms with Crippen LogP contribution in [-0.2, 0) is 6.42 Å². The van der Waals surface area contributed by atoms with Crippen LogP contribution >= 0.6 is 0 Å². The van der Waals surface area contributed by atoms with E-state index in [1.54, 1.807) is 0 Å². The van der Waals surface area contributed by atoms with Crippen molar-refractivity contribution in [3.05, 3.63) is 35.9 Å². The third kappa shape index (κ3) is 5.68. The Balaban J connectivity index is 2.45. The summed E-state index contributed by atoms with van der Waals surface area (Å²) in [7, 11) is 2.10. The molecule has 0 aliphatic heterocycles. The molecule has 0 aliphatic carbocycles. The van der Waals surface area contributed by atoms with Crippen LogP contribution in [0.2, 0.25) is 0 Å². The van der Waals surface area contributed by atoms with Gasteiger partial charge >= 0.3 is 0 Å². The summed E-state index contributed by atoms with van der Waals surface area (Å²) in [5.74, 6) is 0.881. The SMILES string of the molecule is CCCCC(CC)CC(Cc1ccccc1)NC. The summed E-state index contributed by atoms with van der Waals surface area (Å²) in [6.45, 7) is 4.61. The summed E-state index contributed by atoms with van der Waals surface area (Å²) in [5, 5.41) is 3.49. The number of likely N-dealkylation sites (N-methyl/N-ethyl adjacent to an activating group) is 1. The average Bonchev–Trinajstić information content (AvgIpc) is 2.43. The molecule has 2 atom stereocenters. The zero-order valence-electron chi connectivity index (χ0n) is 12.3. The minimum absolute atomic E-state index is 0.620. The van der Waals surface area contributed by atoms with Gasteiger partial charge in [0.05, 0.1) is 0 Å². The summed E-state index contributed by atoms with van der Waals surface area (Å²) < 4.78 is 0. The van der Waals surface area contributed by atoms with E-state index < -0.39 is 0 Å². The fourth-order valence-electron chi connectivity index (χ4n) is 2.59. The smallest absolute Gasteiger partial charge is 0.0107 e. The second-order valence-electron chi connectivity index (χ2n) is 5.33. The first-order valence-corrected chi connectivity index (χ1v) is 7.51. The van der Waals surface area contributed by atoms with Gasteiger partial charge in [0.2, 0.25) is 0 Å². The molecule has 0 aromatic heterocycles. The first-order chi connectivity index (χ1) is 8.80. The van der Waals surface area contributed by atoms with Gasteiger partial charge in [-0.2, -0.15) is 0 Å². The predicted molar refractivity (Wildman–Crippen MR) is 80.9 cm³/mol. The summed E-state index contributed by atoms with van der Waals surface area (Å²) in [4.78, 5) is 0. The van der Waals surface area contributed by atoms with Crippen molar-refractivity contribution >= 4 is 0 Å². The third-order valence-electron chi connectivity index (χ3n) is 3.89. The Hall–Kier alpha value is -0.820. The Bertz CT molecular complexity index is 294. The number of rotatable bonds is 9. The van der Waals surface area contributed by atoms with Crippen LogP contribution in [0.1, 0.15) is 51.5 Å². The minimum Gasteiger partial charge on any atom is -0.317 e. The highest BCUT2D eigenvalue weighted by molar-refractivity contribution is 5.15. The average molecular weight is 247 g/mol. The Morgan fingerprint density at radius 2 is 1.83 bits per heavy atom. The van der Waals surface area contributed by atoms with Gasteiger partial charge < -0.3 is 5.32 Å². The molecule has 0 radical (unpaired) electrons. The maximum absolute atomic E-state index is 3.49. The zero-order valence-corrected chi connectivity index (χ0v) is 12.3. The number of benzene rings is 1. The van der Waals surface area contributed by atoms with Gasteiger partial charge in [0.25, 0.3) is 0 Å². The molecule has 2 unspecified atom stereocenters. The van der Waals surface area contributed by atoms with Gasteiger partial charge in [-0.1, -0.05) is 69.9 Å². The largest absolute Gasteiger partial charge is 0.317 e. The van der Waals surface area contributed by atoms with E-state index >= 15 is 0 Å². The molecule has 0 saturated carbocycles. The molecule has 1 heteroatoms. The normalized spacial score (nSPS) is 14.4. The van der Waals surface area contributed by atoms with Gasteiger partial charge in [-0.05, 0) is 31.4 Å². The number of hydrogen-bond acceptors (Lipinski definition) is 1. The molecule has 1 rings (SSSR count). The molecular weight excluding hydrogens is 218 g/mol. The van der Waals surface area contributed by atoms with Gasteiger partial charge in [-0.25, -0.2) is 0 Å². The van der Waals surface area contributed by atoms with Crippen LogP contribution in [0.3, 0.4) is 0 Å². The monoisotopic (exact) mass is 247 g/mol. The highest BCUT2D eigenvalue weighted by Crippen LogP contribution is 2.20. The Labute approximate surface area is 113 Å². The van der Waals surface area contributed by atoms with Crippen LogP contribution in [0.5, 0.6) is 0 Å². The molecular formula is C17H29N. The first kappa shape index (κ1) is 15.2. The molecule has 0 spiro atoms. The van der Waals surface area contributed by atoms with E-state index in [9.17, 15) is 0 Å². The topological polar surface area (TPSA) is 12.0 Å². The molecule has 1 aromatic carbocycles. The fraction of sp³-hybridized carbons (Fsp3) is 0.647. The molecule has 1 nitrogen and oxygen atoms in total. The van der Waals surface area contributed by atoms with E-state index in [2.05, 4.69) is 56.5 Å². The molecule has 0 saturated heterocycles. The van der Waals surface area contributed by atoms with Crippen LogP contribution in [0.25, 0.3) is 0 Å². The molecule has 1 aromatic rings. The van der Waals surface area contributed by atoms with Gasteiger partial charge in [0.1, 0.15) is 0 Å². The van der Waals surface area contributed by atoms with Crippen molar-refractivity contribution < 1.29 is 0 Å². The summed E-state index contributed by atoms with van der Waals surface area (Å²) in [6, 6.07) is 11.4. The van der Waals surface area contributed by atoms with E-state index in [1.165, 1.54) is 37.7 Å². The van der Waals surface area contributed by atoms with Gasteiger partial charge in [-0.15, -0.1) is 0 Å². The fourth-order valence-corrected chi connectivity index (χ4v) is 2.59. The highest BCUT2D eigenvalue weighted by atomic mass is 14.9. The Morgan fingerprint density at radius 1 is 1.11 bits per heavy atom. The molecule has 0 aliphatic rings. The van der Waals surface area contributed by atoms with Crippen LogP contribution in [0, 0.1) is 5.92 Å². The highest BCUT2D eigenvalue weighted by Gasteiger charge is 2.14. The lowest BCUT2D eigenvalue weighted by molar-refractivity contribution is 0.358. The second-order valence-corrected chi connectivity index (χ2v) is 5.33.